The maximum atomic E-state index is 13.0. The average Bonchev–Trinajstić information content (AvgIpc) is 3.35. The molecule has 6 nitrogen and oxygen atoms in total. The predicted octanol–water partition coefficient (Wildman–Crippen LogP) is 3.98. The summed E-state index contributed by atoms with van der Waals surface area (Å²) < 4.78 is 39.0. The Balaban J connectivity index is 1.66. The van der Waals surface area contributed by atoms with Crippen LogP contribution in [0.2, 0.25) is 0 Å². The van der Waals surface area contributed by atoms with E-state index in [2.05, 4.69) is 10.2 Å². The molecular formula is C20H17F3N4O2. The molecule has 150 valence electrons. The number of carbonyl (C=O) groups is 1. The summed E-state index contributed by atoms with van der Waals surface area (Å²) in [6.45, 7) is 1.15. The van der Waals surface area contributed by atoms with Crippen LogP contribution in [0.25, 0.3) is 5.69 Å². The van der Waals surface area contributed by atoms with E-state index in [9.17, 15) is 23.1 Å². The number of carboxylic acid groups (broad SMARTS) is 1. The largest absolute Gasteiger partial charge is 0.476 e. The van der Waals surface area contributed by atoms with Gasteiger partial charge in [0.05, 0.1) is 11.3 Å². The van der Waals surface area contributed by atoms with Gasteiger partial charge < -0.3 is 10.0 Å². The van der Waals surface area contributed by atoms with Crippen LogP contribution in [0.1, 0.15) is 34.0 Å². The van der Waals surface area contributed by atoms with E-state index in [1.165, 1.54) is 12.1 Å². The number of hydrogen-bond donors (Lipinski definition) is 1. The van der Waals surface area contributed by atoms with Crippen LogP contribution in [-0.4, -0.2) is 39.2 Å². The van der Waals surface area contributed by atoms with Crippen LogP contribution in [0.5, 0.6) is 0 Å². The van der Waals surface area contributed by atoms with Gasteiger partial charge in [0.2, 0.25) is 5.69 Å². The third kappa shape index (κ3) is 3.80. The lowest BCUT2D eigenvalue weighted by Crippen LogP contribution is -2.22. The number of alkyl halides is 3. The average molecular weight is 402 g/mol. The van der Waals surface area contributed by atoms with Gasteiger partial charge in [-0.1, -0.05) is 36.4 Å². The number of anilines is 1. The molecule has 1 fully saturated rings. The molecule has 0 saturated carbocycles. The van der Waals surface area contributed by atoms with Gasteiger partial charge in [0, 0.05) is 19.0 Å². The molecule has 1 aliphatic rings. The molecule has 0 radical (unpaired) electrons. The van der Waals surface area contributed by atoms with Crippen LogP contribution < -0.4 is 4.90 Å². The molecule has 1 N–H and O–H groups in total. The molecule has 1 unspecified atom stereocenters. The number of benzene rings is 2. The van der Waals surface area contributed by atoms with Gasteiger partial charge in [-0.3, -0.25) is 0 Å². The Morgan fingerprint density at radius 3 is 2.52 bits per heavy atom. The topological polar surface area (TPSA) is 71.2 Å². The van der Waals surface area contributed by atoms with E-state index in [1.54, 1.807) is 0 Å². The zero-order valence-electron chi connectivity index (χ0n) is 15.2. The van der Waals surface area contributed by atoms with Crippen LogP contribution in [-0.2, 0) is 6.18 Å². The fraction of sp³-hybridized carbons (Fsp3) is 0.250. The molecule has 0 amide bonds. The zero-order chi connectivity index (χ0) is 20.6. The lowest BCUT2D eigenvalue weighted by atomic mass is 9.99. The second-order valence-electron chi connectivity index (χ2n) is 6.86. The zero-order valence-corrected chi connectivity index (χ0v) is 15.2. The summed E-state index contributed by atoms with van der Waals surface area (Å²) in [5.74, 6) is -0.897. The van der Waals surface area contributed by atoms with E-state index in [-0.39, 0.29) is 23.1 Å². The minimum atomic E-state index is -4.51. The number of aromatic carboxylic acids is 1. The molecule has 0 bridgehead atoms. The SMILES string of the molecule is O=C(O)c1nn(-c2cccc(C(F)(F)F)c2)nc1N1CCC(c2ccccc2)C1. The highest BCUT2D eigenvalue weighted by Gasteiger charge is 2.32. The summed E-state index contributed by atoms with van der Waals surface area (Å²) in [5, 5.41) is 17.7. The number of nitrogens with zero attached hydrogens (tertiary/aromatic N) is 4. The molecule has 2 heterocycles. The van der Waals surface area contributed by atoms with Crippen LogP contribution in [0, 0.1) is 0 Å². The van der Waals surface area contributed by atoms with Crippen molar-refractivity contribution in [2.75, 3.05) is 18.0 Å². The number of carboxylic acids is 1. The summed E-state index contributed by atoms with van der Waals surface area (Å²) in [7, 11) is 0. The Hall–Kier alpha value is -3.36. The second kappa shape index (κ2) is 7.23. The maximum absolute atomic E-state index is 13.0. The lowest BCUT2D eigenvalue weighted by molar-refractivity contribution is -0.137. The fourth-order valence-corrected chi connectivity index (χ4v) is 3.52. The third-order valence-electron chi connectivity index (χ3n) is 4.96. The van der Waals surface area contributed by atoms with Gasteiger partial charge in [-0.15, -0.1) is 15.0 Å². The van der Waals surface area contributed by atoms with E-state index >= 15 is 0 Å². The number of hydrogen-bond acceptors (Lipinski definition) is 4. The summed E-state index contributed by atoms with van der Waals surface area (Å²) in [4.78, 5) is 14.4. The third-order valence-corrected chi connectivity index (χ3v) is 4.96. The van der Waals surface area contributed by atoms with Crippen molar-refractivity contribution in [3.8, 4) is 5.69 Å². The van der Waals surface area contributed by atoms with E-state index in [0.717, 1.165) is 28.9 Å². The quantitative estimate of drug-likeness (QED) is 0.715. The van der Waals surface area contributed by atoms with E-state index in [0.29, 0.717) is 13.1 Å². The van der Waals surface area contributed by atoms with Gasteiger partial charge in [-0.05, 0) is 30.2 Å². The van der Waals surface area contributed by atoms with Gasteiger partial charge in [0.1, 0.15) is 0 Å². The van der Waals surface area contributed by atoms with Crippen LogP contribution in [0.3, 0.4) is 0 Å². The van der Waals surface area contributed by atoms with Crippen molar-refractivity contribution in [3.05, 3.63) is 71.4 Å². The first-order valence-electron chi connectivity index (χ1n) is 9.01. The highest BCUT2D eigenvalue weighted by Crippen LogP contribution is 2.33. The van der Waals surface area contributed by atoms with Crippen LogP contribution >= 0.6 is 0 Å². The predicted molar refractivity (Wildman–Crippen MR) is 99.3 cm³/mol. The molecule has 0 aliphatic carbocycles. The van der Waals surface area contributed by atoms with Crippen molar-refractivity contribution in [3.63, 3.8) is 0 Å². The number of rotatable bonds is 4. The van der Waals surface area contributed by atoms with Gasteiger partial charge in [-0.2, -0.15) is 13.2 Å². The molecule has 0 spiro atoms. The first-order valence-corrected chi connectivity index (χ1v) is 9.01. The van der Waals surface area contributed by atoms with Crippen LogP contribution in [0.4, 0.5) is 19.0 Å². The summed E-state index contributed by atoms with van der Waals surface area (Å²) in [6, 6.07) is 14.3. The van der Waals surface area contributed by atoms with Gasteiger partial charge in [0.15, 0.2) is 5.82 Å². The van der Waals surface area contributed by atoms with Crippen molar-refractivity contribution < 1.29 is 23.1 Å². The molecular weight excluding hydrogens is 385 g/mol. The molecule has 1 aliphatic heterocycles. The van der Waals surface area contributed by atoms with Gasteiger partial charge in [0.25, 0.3) is 0 Å². The fourth-order valence-electron chi connectivity index (χ4n) is 3.52. The molecule has 29 heavy (non-hydrogen) atoms. The minimum Gasteiger partial charge on any atom is -0.476 e. The molecule has 2 aromatic carbocycles. The smallest absolute Gasteiger partial charge is 0.416 e. The molecule has 9 heteroatoms. The summed E-state index contributed by atoms with van der Waals surface area (Å²) >= 11 is 0. The maximum Gasteiger partial charge on any atom is 0.416 e. The highest BCUT2D eigenvalue weighted by molar-refractivity contribution is 5.91. The van der Waals surface area contributed by atoms with Crippen molar-refractivity contribution in [1.29, 1.82) is 0 Å². The van der Waals surface area contributed by atoms with Crippen molar-refractivity contribution in [2.24, 2.45) is 0 Å². The number of halogens is 3. The molecule has 1 aromatic heterocycles. The Kier molecular flexibility index (Phi) is 4.73. The van der Waals surface area contributed by atoms with Crippen molar-refractivity contribution in [2.45, 2.75) is 18.5 Å². The van der Waals surface area contributed by atoms with Crippen LogP contribution in [0.15, 0.2) is 54.6 Å². The Labute approximate surface area is 164 Å². The lowest BCUT2D eigenvalue weighted by Gasteiger charge is -2.16. The Morgan fingerprint density at radius 2 is 1.83 bits per heavy atom. The van der Waals surface area contributed by atoms with E-state index < -0.39 is 17.7 Å². The van der Waals surface area contributed by atoms with Gasteiger partial charge in [-0.25, -0.2) is 4.79 Å². The summed E-state index contributed by atoms with van der Waals surface area (Å²) in [5.41, 5.74) is 0.0664. The Morgan fingerprint density at radius 1 is 1.07 bits per heavy atom. The molecule has 3 aromatic rings. The highest BCUT2D eigenvalue weighted by atomic mass is 19.4. The molecule has 1 saturated heterocycles. The van der Waals surface area contributed by atoms with Crippen molar-refractivity contribution >= 4 is 11.8 Å². The van der Waals surface area contributed by atoms with Crippen molar-refractivity contribution in [1.82, 2.24) is 15.0 Å². The van der Waals surface area contributed by atoms with E-state index in [1.807, 2.05) is 35.2 Å². The monoisotopic (exact) mass is 402 g/mol. The van der Waals surface area contributed by atoms with E-state index in [4.69, 9.17) is 0 Å². The summed E-state index contributed by atoms with van der Waals surface area (Å²) in [6.07, 6.45) is -3.70. The molecule has 4 rings (SSSR count). The minimum absolute atomic E-state index is 0.0485. The normalized spacial score (nSPS) is 16.9. The standard InChI is InChI=1S/C20H17F3N4O2/c21-20(22,23)15-7-4-8-16(11-15)27-24-17(19(28)29)18(25-27)26-10-9-14(12-26)13-5-2-1-3-6-13/h1-8,11,14H,9-10,12H2,(H,28,29). The number of aromatic nitrogens is 3. The first kappa shape index (κ1) is 19.0. The molecule has 1 atom stereocenters. The van der Waals surface area contributed by atoms with Gasteiger partial charge >= 0.3 is 12.1 Å². The Bertz CT molecular complexity index is 1030. The second-order valence-corrected chi connectivity index (χ2v) is 6.86. The first-order chi connectivity index (χ1) is 13.8.